The lowest BCUT2D eigenvalue weighted by atomic mass is 10.3. The molecular weight excluding hydrogens is 284 g/mol. The second kappa shape index (κ2) is 4.68. The first-order valence-electron chi connectivity index (χ1n) is 5.61. The van der Waals surface area contributed by atoms with Gasteiger partial charge in [-0.25, -0.2) is 4.98 Å². The zero-order chi connectivity index (χ0) is 12.7. The van der Waals surface area contributed by atoms with Gasteiger partial charge in [-0.15, -0.1) is 34.4 Å². The fourth-order valence-electron chi connectivity index (χ4n) is 1.90. The molecule has 2 aromatic rings. The molecule has 3 nitrogen and oxygen atoms in total. The van der Waals surface area contributed by atoms with Gasteiger partial charge < -0.3 is 0 Å². The first-order valence-corrected chi connectivity index (χ1v) is 8.25. The van der Waals surface area contributed by atoms with Gasteiger partial charge in [-0.1, -0.05) is 6.07 Å². The van der Waals surface area contributed by atoms with E-state index in [1.54, 1.807) is 34.4 Å². The molecule has 94 valence electrons. The van der Waals surface area contributed by atoms with Crippen molar-refractivity contribution < 1.29 is 4.79 Å². The first kappa shape index (κ1) is 12.2. The Labute approximate surface area is 118 Å². The van der Waals surface area contributed by atoms with E-state index in [1.165, 1.54) is 4.88 Å². The summed E-state index contributed by atoms with van der Waals surface area (Å²) in [5, 5.41) is 2.95. The van der Waals surface area contributed by atoms with Crippen LogP contribution in [0.5, 0.6) is 0 Å². The summed E-state index contributed by atoms with van der Waals surface area (Å²) < 4.78 is 0. The largest absolute Gasteiger partial charge is 0.273 e. The van der Waals surface area contributed by atoms with Gasteiger partial charge in [0.1, 0.15) is 5.37 Å². The molecular formula is C12H12N2OS3. The average molecular weight is 296 g/mol. The van der Waals surface area contributed by atoms with Gasteiger partial charge in [-0.2, -0.15) is 0 Å². The molecule has 0 spiro atoms. The van der Waals surface area contributed by atoms with E-state index in [-0.39, 0.29) is 16.5 Å². The lowest BCUT2D eigenvalue weighted by molar-refractivity contribution is -0.117. The molecule has 1 fully saturated rings. The quantitative estimate of drug-likeness (QED) is 0.847. The summed E-state index contributed by atoms with van der Waals surface area (Å²) in [6.45, 7) is 3.98. The van der Waals surface area contributed by atoms with Crippen molar-refractivity contribution in [2.24, 2.45) is 0 Å². The van der Waals surface area contributed by atoms with Crippen LogP contribution in [0.3, 0.4) is 0 Å². The second-order valence-electron chi connectivity index (χ2n) is 4.11. The van der Waals surface area contributed by atoms with Crippen LogP contribution < -0.4 is 4.90 Å². The number of rotatable bonds is 2. The minimum atomic E-state index is 0.00121. The van der Waals surface area contributed by atoms with Crippen LogP contribution >= 0.6 is 34.4 Å². The predicted octanol–water partition coefficient (Wildman–Crippen LogP) is 3.68. The number of aryl methyl sites for hydroxylation is 1. The van der Waals surface area contributed by atoms with Crippen LogP contribution in [-0.2, 0) is 4.79 Å². The number of hydrogen-bond donors (Lipinski definition) is 0. The van der Waals surface area contributed by atoms with Gasteiger partial charge in [-0.05, 0) is 25.3 Å². The number of anilines is 1. The van der Waals surface area contributed by atoms with E-state index in [0.29, 0.717) is 0 Å². The van der Waals surface area contributed by atoms with E-state index in [1.807, 2.05) is 31.0 Å². The number of thioether (sulfide) groups is 1. The van der Waals surface area contributed by atoms with Gasteiger partial charge in [-0.3, -0.25) is 9.69 Å². The maximum absolute atomic E-state index is 12.3. The van der Waals surface area contributed by atoms with Crippen LogP contribution in [0.25, 0.3) is 0 Å². The molecule has 0 saturated carbocycles. The number of aromatic nitrogens is 1. The molecule has 0 N–H and O–H groups in total. The standard InChI is InChI=1S/C12H12N2OS3/c1-7-6-13-12(17-7)14-10(15)8(2)18-11(14)9-4-3-5-16-9/h3-6,8,11H,1-2H3. The topological polar surface area (TPSA) is 33.2 Å². The lowest BCUT2D eigenvalue weighted by Gasteiger charge is -2.19. The molecule has 1 aliphatic heterocycles. The molecule has 3 rings (SSSR count). The van der Waals surface area contributed by atoms with Gasteiger partial charge in [0.25, 0.3) is 0 Å². The maximum atomic E-state index is 12.3. The summed E-state index contributed by atoms with van der Waals surface area (Å²) in [4.78, 5) is 20.8. The highest BCUT2D eigenvalue weighted by atomic mass is 32.2. The van der Waals surface area contributed by atoms with E-state index in [0.717, 1.165) is 10.0 Å². The summed E-state index contributed by atoms with van der Waals surface area (Å²) in [5.41, 5.74) is 0. The number of amides is 1. The number of hydrogen-bond acceptors (Lipinski definition) is 5. The van der Waals surface area contributed by atoms with Crippen LogP contribution in [0.1, 0.15) is 22.1 Å². The summed E-state index contributed by atoms with van der Waals surface area (Å²) in [6.07, 6.45) is 1.83. The maximum Gasteiger partial charge on any atom is 0.242 e. The van der Waals surface area contributed by atoms with Crippen molar-refractivity contribution in [3.8, 4) is 0 Å². The highest BCUT2D eigenvalue weighted by Crippen LogP contribution is 2.47. The third kappa shape index (κ3) is 1.98. The normalized spacial score (nSPS) is 23.9. The van der Waals surface area contributed by atoms with Crippen molar-refractivity contribution in [2.75, 3.05) is 4.90 Å². The molecule has 18 heavy (non-hydrogen) atoms. The Bertz CT molecular complexity index is 564. The summed E-state index contributed by atoms with van der Waals surface area (Å²) in [5.74, 6) is 0.160. The fourth-order valence-corrected chi connectivity index (χ4v) is 4.94. The summed E-state index contributed by atoms with van der Waals surface area (Å²) >= 11 is 4.97. The first-order chi connectivity index (χ1) is 8.66. The van der Waals surface area contributed by atoms with Crippen molar-refractivity contribution in [1.29, 1.82) is 0 Å². The Kier molecular flexibility index (Phi) is 3.17. The van der Waals surface area contributed by atoms with E-state index < -0.39 is 0 Å². The SMILES string of the molecule is Cc1cnc(N2C(=O)C(C)SC2c2cccs2)s1. The average Bonchev–Trinajstić information content (AvgIpc) is 3.02. The molecule has 1 saturated heterocycles. The predicted molar refractivity (Wildman–Crippen MR) is 78.5 cm³/mol. The van der Waals surface area contributed by atoms with Crippen LogP contribution in [0.15, 0.2) is 23.7 Å². The van der Waals surface area contributed by atoms with Crippen molar-refractivity contribution in [3.05, 3.63) is 33.5 Å². The van der Waals surface area contributed by atoms with Crippen LogP contribution in [0.4, 0.5) is 5.13 Å². The molecule has 6 heteroatoms. The third-order valence-corrected chi connectivity index (χ3v) is 6.07. The van der Waals surface area contributed by atoms with E-state index in [2.05, 4.69) is 16.4 Å². The van der Waals surface area contributed by atoms with Gasteiger partial charge >= 0.3 is 0 Å². The molecule has 1 aliphatic rings. The number of thiazole rings is 1. The minimum Gasteiger partial charge on any atom is -0.273 e. The van der Waals surface area contributed by atoms with Crippen LogP contribution in [-0.4, -0.2) is 16.1 Å². The monoisotopic (exact) mass is 296 g/mol. The zero-order valence-corrected chi connectivity index (χ0v) is 12.4. The Balaban J connectivity index is 2.00. The molecule has 0 radical (unpaired) electrons. The van der Waals surface area contributed by atoms with Crippen molar-refractivity contribution in [2.45, 2.75) is 24.5 Å². The van der Waals surface area contributed by atoms with Crippen LogP contribution in [0.2, 0.25) is 0 Å². The molecule has 2 aromatic heterocycles. The van der Waals surface area contributed by atoms with Gasteiger partial charge in [0, 0.05) is 16.0 Å². The summed E-state index contributed by atoms with van der Waals surface area (Å²) in [7, 11) is 0. The van der Waals surface area contributed by atoms with Gasteiger partial charge in [0.15, 0.2) is 5.13 Å². The number of nitrogens with zero attached hydrogens (tertiary/aromatic N) is 2. The van der Waals surface area contributed by atoms with Gasteiger partial charge in [0.05, 0.1) is 5.25 Å². The molecule has 2 atom stereocenters. The van der Waals surface area contributed by atoms with E-state index in [4.69, 9.17) is 0 Å². The Morgan fingerprint density at radius 3 is 2.89 bits per heavy atom. The Hall–Kier alpha value is -0.850. The highest BCUT2D eigenvalue weighted by Gasteiger charge is 2.41. The van der Waals surface area contributed by atoms with Crippen molar-refractivity contribution in [3.63, 3.8) is 0 Å². The second-order valence-corrected chi connectivity index (χ2v) is 7.73. The minimum absolute atomic E-state index is 0.00121. The Morgan fingerprint density at radius 2 is 2.28 bits per heavy atom. The number of carbonyl (C=O) groups is 1. The molecule has 0 aromatic carbocycles. The van der Waals surface area contributed by atoms with Crippen molar-refractivity contribution in [1.82, 2.24) is 4.98 Å². The number of thiophene rings is 1. The molecule has 3 heterocycles. The zero-order valence-electron chi connectivity index (χ0n) is 9.99. The van der Waals surface area contributed by atoms with Crippen LogP contribution in [0, 0.1) is 6.92 Å². The molecule has 1 amide bonds. The van der Waals surface area contributed by atoms with Crippen molar-refractivity contribution >= 4 is 45.5 Å². The third-order valence-electron chi connectivity index (χ3n) is 2.75. The molecule has 0 bridgehead atoms. The lowest BCUT2D eigenvalue weighted by Crippen LogP contribution is -2.29. The smallest absolute Gasteiger partial charge is 0.242 e. The highest BCUT2D eigenvalue weighted by molar-refractivity contribution is 8.01. The molecule has 0 aliphatic carbocycles. The number of carbonyl (C=O) groups excluding carboxylic acids is 1. The van der Waals surface area contributed by atoms with E-state index >= 15 is 0 Å². The Morgan fingerprint density at radius 1 is 1.44 bits per heavy atom. The fraction of sp³-hybridized carbons (Fsp3) is 0.333. The molecule has 2 unspecified atom stereocenters. The van der Waals surface area contributed by atoms with Gasteiger partial charge in [0.2, 0.25) is 5.91 Å². The summed E-state index contributed by atoms with van der Waals surface area (Å²) in [6, 6.07) is 4.11. The van der Waals surface area contributed by atoms with E-state index in [9.17, 15) is 4.79 Å².